The summed E-state index contributed by atoms with van der Waals surface area (Å²) in [6.07, 6.45) is 1.73. The number of carbonyl (C=O) groups excluding carboxylic acids is 1. The number of benzene rings is 2. The van der Waals surface area contributed by atoms with Gasteiger partial charge in [0.25, 0.3) is 11.5 Å². The number of ether oxygens (including phenoxy) is 3. The van der Waals surface area contributed by atoms with Crippen molar-refractivity contribution < 1.29 is 28.9 Å². The summed E-state index contributed by atoms with van der Waals surface area (Å²) in [5, 5.41) is 8.81. The fourth-order valence-corrected chi connectivity index (χ4v) is 5.63. The molecule has 3 aromatic rings. The molecule has 210 valence electrons. The second kappa shape index (κ2) is 12.2. The first kappa shape index (κ1) is 28.6. The van der Waals surface area contributed by atoms with E-state index < -0.39 is 18.6 Å². The van der Waals surface area contributed by atoms with Crippen LogP contribution in [0.4, 0.5) is 0 Å². The standard InChI is InChI=1S/C29H31N3O7S/c1-6-31(7-2)28(36)25-17(3)30-29-32(26(25)21-15-20(37-4)12-13-22(21)38-5)27(35)23(40-29)14-18-8-10-19(11-9-18)39-16-24(33)34/h8-15,26H,6-7,16H2,1-5H3,(H,33,34)/b23-14+/t26-/m1/s1. The number of rotatable bonds is 10. The van der Waals surface area contributed by atoms with E-state index in [0.29, 0.717) is 56.5 Å². The second-order valence-electron chi connectivity index (χ2n) is 8.92. The Labute approximate surface area is 235 Å². The average Bonchev–Trinajstić information content (AvgIpc) is 3.25. The molecule has 0 fully saturated rings. The minimum atomic E-state index is -1.07. The SMILES string of the molecule is CCN(CC)C(=O)C1=C(C)N=c2s/c(=C/c3ccc(OCC(=O)O)cc3)c(=O)n2[C@@H]1c1cc(OC)ccc1OC. The topological polar surface area (TPSA) is 120 Å². The molecule has 40 heavy (non-hydrogen) atoms. The number of thiazole rings is 1. The van der Waals surface area contributed by atoms with Gasteiger partial charge in [-0.15, -0.1) is 0 Å². The number of allylic oxidation sites excluding steroid dienone is 1. The molecule has 0 saturated heterocycles. The van der Waals surface area contributed by atoms with Gasteiger partial charge in [-0.25, -0.2) is 9.79 Å². The van der Waals surface area contributed by atoms with Crippen molar-refractivity contribution in [3.8, 4) is 17.2 Å². The van der Waals surface area contributed by atoms with E-state index in [-0.39, 0.29) is 11.5 Å². The number of likely N-dealkylation sites (N-methyl/N-ethyl adjacent to an activating group) is 1. The van der Waals surface area contributed by atoms with Crippen LogP contribution < -0.4 is 29.1 Å². The second-order valence-corrected chi connectivity index (χ2v) is 9.93. The zero-order chi connectivity index (χ0) is 29.0. The van der Waals surface area contributed by atoms with Gasteiger partial charge in [0.15, 0.2) is 11.4 Å². The highest BCUT2D eigenvalue weighted by atomic mass is 32.1. The van der Waals surface area contributed by atoms with E-state index in [2.05, 4.69) is 0 Å². The zero-order valence-corrected chi connectivity index (χ0v) is 23.8. The van der Waals surface area contributed by atoms with Gasteiger partial charge in [0.05, 0.1) is 30.0 Å². The predicted molar refractivity (Wildman–Crippen MR) is 151 cm³/mol. The summed E-state index contributed by atoms with van der Waals surface area (Å²) in [6, 6.07) is 11.3. The van der Waals surface area contributed by atoms with Crippen molar-refractivity contribution in [3.63, 3.8) is 0 Å². The number of carboxylic acids is 1. The number of fused-ring (bicyclic) bond motifs is 1. The van der Waals surface area contributed by atoms with Crippen LogP contribution in [-0.4, -0.2) is 60.4 Å². The summed E-state index contributed by atoms with van der Waals surface area (Å²) in [7, 11) is 3.10. The molecular formula is C29H31N3O7S. The van der Waals surface area contributed by atoms with E-state index in [9.17, 15) is 14.4 Å². The summed E-state index contributed by atoms with van der Waals surface area (Å²) in [5.41, 5.74) is 1.95. The number of carbonyl (C=O) groups is 2. The molecule has 0 unspecified atom stereocenters. The Bertz CT molecular complexity index is 1630. The Morgan fingerprint density at radius 3 is 2.35 bits per heavy atom. The number of nitrogens with zero attached hydrogens (tertiary/aromatic N) is 3. The van der Waals surface area contributed by atoms with Crippen molar-refractivity contribution >= 4 is 29.3 Å². The van der Waals surface area contributed by atoms with E-state index in [1.807, 2.05) is 13.8 Å². The van der Waals surface area contributed by atoms with Gasteiger partial charge in [-0.05, 0) is 62.7 Å². The predicted octanol–water partition coefficient (Wildman–Crippen LogP) is 2.58. The molecule has 1 N–H and O–H groups in total. The van der Waals surface area contributed by atoms with Crippen molar-refractivity contribution in [2.45, 2.75) is 26.8 Å². The number of hydrogen-bond acceptors (Lipinski definition) is 8. The number of methoxy groups -OCH3 is 2. The smallest absolute Gasteiger partial charge is 0.341 e. The molecule has 1 aromatic heterocycles. The number of aromatic nitrogens is 1. The molecule has 1 aliphatic rings. The van der Waals surface area contributed by atoms with Crippen molar-refractivity contribution in [1.29, 1.82) is 0 Å². The monoisotopic (exact) mass is 565 g/mol. The van der Waals surface area contributed by atoms with Gasteiger partial charge in [-0.1, -0.05) is 23.5 Å². The lowest BCUT2D eigenvalue weighted by Crippen LogP contribution is -2.43. The van der Waals surface area contributed by atoms with Crippen molar-refractivity contribution in [1.82, 2.24) is 9.47 Å². The highest BCUT2D eigenvalue weighted by Gasteiger charge is 2.36. The molecule has 11 heteroatoms. The van der Waals surface area contributed by atoms with E-state index in [1.165, 1.54) is 11.3 Å². The van der Waals surface area contributed by atoms with Crippen LogP contribution in [0.1, 0.15) is 37.9 Å². The van der Waals surface area contributed by atoms with Gasteiger partial charge in [-0.2, -0.15) is 0 Å². The Kier molecular flexibility index (Phi) is 8.73. The van der Waals surface area contributed by atoms with Gasteiger partial charge in [0.2, 0.25) is 0 Å². The number of carboxylic acid groups (broad SMARTS) is 1. The fourth-order valence-electron chi connectivity index (χ4n) is 4.58. The van der Waals surface area contributed by atoms with Gasteiger partial charge in [0.1, 0.15) is 23.3 Å². The minimum absolute atomic E-state index is 0.202. The number of hydrogen-bond donors (Lipinski definition) is 1. The molecule has 0 aliphatic carbocycles. The molecule has 1 atom stereocenters. The van der Waals surface area contributed by atoms with Gasteiger partial charge in [-0.3, -0.25) is 14.2 Å². The fraction of sp³-hybridized carbons (Fsp3) is 0.310. The van der Waals surface area contributed by atoms with Gasteiger partial charge in [0, 0.05) is 18.7 Å². The van der Waals surface area contributed by atoms with Crippen LogP contribution in [0.2, 0.25) is 0 Å². The summed E-state index contributed by atoms with van der Waals surface area (Å²) in [5.74, 6) is 0.208. The maximum Gasteiger partial charge on any atom is 0.341 e. The maximum atomic E-state index is 14.0. The molecule has 2 heterocycles. The zero-order valence-electron chi connectivity index (χ0n) is 23.0. The van der Waals surface area contributed by atoms with Crippen LogP contribution in [0.25, 0.3) is 6.08 Å². The maximum absolute atomic E-state index is 14.0. The van der Waals surface area contributed by atoms with Crippen LogP contribution in [0, 0.1) is 0 Å². The lowest BCUT2D eigenvalue weighted by molar-refractivity contribution is -0.139. The third-order valence-electron chi connectivity index (χ3n) is 6.57. The Morgan fingerprint density at radius 2 is 1.75 bits per heavy atom. The summed E-state index contributed by atoms with van der Waals surface area (Å²) in [4.78, 5) is 45.4. The highest BCUT2D eigenvalue weighted by molar-refractivity contribution is 7.07. The molecule has 1 aliphatic heterocycles. The van der Waals surface area contributed by atoms with E-state index in [0.717, 1.165) is 5.56 Å². The first-order valence-electron chi connectivity index (χ1n) is 12.7. The quantitative estimate of drug-likeness (QED) is 0.401. The first-order chi connectivity index (χ1) is 19.2. The summed E-state index contributed by atoms with van der Waals surface area (Å²) < 4.78 is 18.3. The molecule has 1 amide bonds. The lowest BCUT2D eigenvalue weighted by Gasteiger charge is -2.30. The lowest BCUT2D eigenvalue weighted by atomic mass is 9.93. The largest absolute Gasteiger partial charge is 0.497 e. The van der Waals surface area contributed by atoms with E-state index in [4.69, 9.17) is 24.3 Å². The normalized spacial score (nSPS) is 14.8. The number of amides is 1. The third-order valence-corrected chi connectivity index (χ3v) is 7.56. The van der Waals surface area contributed by atoms with Crippen LogP contribution in [0.5, 0.6) is 17.2 Å². The summed E-state index contributed by atoms with van der Waals surface area (Å²) >= 11 is 1.22. The molecule has 4 rings (SSSR count). The van der Waals surface area contributed by atoms with E-state index >= 15 is 0 Å². The molecule has 0 saturated carbocycles. The van der Waals surface area contributed by atoms with Crippen molar-refractivity contribution in [3.05, 3.63) is 84.5 Å². The van der Waals surface area contributed by atoms with Gasteiger partial charge < -0.3 is 24.2 Å². The number of aliphatic carboxylic acids is 1. The highest BCUT2D eigenvalue weighted by Crippen LogP contribution is 2.38. The van der Waals surface area contributed by atoms with Crippen molar-refractivity contribution in [2.24, 2.45) is 4.99 Å². The van der Waals surface area contributed by atoms with Crippen molar-refractivity contribution in [2.75, 3.05) is 33.9 Å². The molecule has 0 radical (unpaired) electrons. The minimum Gasteiger partial charge on any atom is -0.497 e. The molecule has 10 nitrogen and oxygen atoms in total. The van der Waals surface area contributed by atoms with Crippen LogP contribution >= 0.6 is 11.3 Å². The van der Waals surface area contributed by atoms with Gasteiger partial charge >= 0.3 is 5.97 Å². The Morgan fingerprint density at radius 1 is 1.07 bits per heavy atom. The Balaban J connectivity index is 1.90. The van der Waals surface area contributed by atoms with Crippen LogP contribution in [0.3, 0.4) is 0 Å². The first-order valence-corrected chi connectivity index (χ1v) is 13.5. The van der Waals surface area contributed by atoms with E-state index in [1.54, 1.807) is 79.2 Å². The third kappa shape index (κ3) is 5.64. The summed E-state index contributed by atoms with van der Waals surface area (Å²) in [6.45, 7) is 6.16. The molecule has 0 spiro atoms. The molecule has 0 bridgehead atoms. The molecular weight excluding hydrogens is 534 g/mol. The molecule has 2 aromatic carbocycles. The van der Waals surface area contributed by atoms with Crippen LogP contribution in [0.15, 0.2) is 63.5 Å². The Hall–Kier alpha value is -4.38. The average molecular weight is 566 g/mol. The van der Waals surface area contributed by atoms with Crippen LogP contribution in [-0.2, 0) is 9.59 Å².